The maximum Gasteiger partial charge on any atom is 0.326 e. The molecule has 4 rings (SSSR count). The molecule has 6 heteroatoms. The Labute approximate surface area is 157 Å². The van der Waals surface area contributed by atoms with E-state index in [2.05, 4.69) is 17.2 Å². The third kappa shape index (κ3) is 3.50. The Morgan fingerprint density at radius 1 is 1.26 bits per heavy atom. The molecule has 3 aromatic rings. The molecule has 3 unspecified atom stereocenters. The molecule has 6 nitrogen and oxygen atoms in total. The summed E-state index contributed by atoms with van der Waals surface area (Å²) >= 11 is 0. The maximum absolute atomic E-state index is 12.2. The van der Waals surface area contributed by atoms with Gasteiger partial charge < -0.3 is 20.5 Å². The van der Waals surface area contributed by atoms with E-state index in [-0.39, 0.29) is 23.5 Å². The first-order chi connectivity index (χ1) is 13.0. The molecule has 0 fully saturated rings. The SMILES string of the molecule is CC(CCc1ccc(O)cc1)NC1CCn2c(=O)[nH]c3cccc(c32)C1O. The number of nitrogens with zero attached hydrogens (tertiary/aromatic N) is 1. The Balaban J connectivity index is 1.46. The number of aromatic nitrogens is 2. The highest BCUT2D eigenvalue weighted by molar-refractivity contribution is 5.79. The normalized spacial score (nSPS) is 20.5. The van der Waals surface area contributed by atoms with Crippen LogP contribution in [-0.2, 0) is 13.0 Å². The van der Waals surface area contributed by atoms with Gasteiger partial charge in [0.05, 0.1) is 17.1 Å². The molecule has 0 radical (unpaired) electrons. The van der Waals surface area contributed by atoms with Crippen LogP contribution in [-0.4, -0.2) is 31.8 Å². The number of imidazole rings is 1. The number of aromatic hydroxyl groups is 1. The third-order valence-corrected chi connectivity index (χ3v) is 5.49. The van der Waals surface area contributed by atoms with Crippen molar-refractivity contribution in [2.24, 2.45) is 0 Å². The summed E-state index contributed by atoms with van der Waals surface area (Å²) < 4.78 is 1.73. The monoisotopic (exact) mass is 367 g/mol. The third-order valence-electron chi connectivity index (χ3n) is 5.49. The zero-order chi connectivity index (χ0) is 19.0. The van der Waals surface area contributed by atoms with E-state index in [1.54, 1.807) is 16.7 Å². The number of aromatic amines is 1. The highest BCUT2D eigenvalue weighted by Gasteiger charge is 2.29. The number of benzene rings is 2. The van der Waals surface area contributed by atoms with E-state index in [0.29, 0.717) is 13.0 Å². The fourth-order valence-corrected chi connectivity index (χ4v) is 4.01. The van der Waals surface area contributed by atoms with Crippen LogP contribution in [0.5, 0.6) is 5.75 Å². The van der Waals surface area contributed by atoms with Crippen molar-refractivity contribution in [3.63, 3.8) is 0 Å². The molecule has 0 saturated carbocycles. The van der Waals surface area contributed by atoms with Crippen LogP contribution in [0, 0.1) is 0 Å². The smallest absolute Gasteiger partial charge is 0.326 e. The molecule has 3 atom stereocenters. The Kier molecular flexibility index (Phi) is 4.76. The Morgan fingerprint density at radius 3 is 2.81 bits per heavy atom. The first kappa shape index (κ1) is 17.8. The van der Waals surface area contributed by atoms with Crippen molar-refractivity contribution >= 4 is 11.0 Å². The van der Waals surface area contributed by atoms with Crippen molar-refractivity contribution in [3.05, 3.63) is 64.1 Å². The Hall–Kier alpha value is -2.57. The van der Waals surface area contributed by atoms with Crippen molar-refractivity contribution in [1.29, 1.82) is 0 Å². The van der Waals surface area contributed by atoms with Gasteiger partial charge in [0.15, 0.2) is 0 Å². The molecule has 0 amide bonds. The number of rotatable bonds is 5. The highest BCUT2D eigenvalue weighted by atomic mass is 16.3. The average Bonchev–Trinajstić information content (AvgIpc) is 2.91. The van der Waals surface area contributed by atoms with Crippen molar-refractivity contribution in [2.45, 2.75) is 50.9 Å². The van der Waals surface area contributed by atoms with E-state index in [1.165, 1.54) is 5.56 Å². The molecular weight excluding hydrogens is 342 g/mol. The summed E-state index contributed by atoms with van der Waals surface area (Å²) in [4.78, 5) is 15.1. The summed E-state index contributed by atoms with van der Waals surface area (Å²) in [5.74, 6) is 0.277. The summed E-state index contributed by atoms with van der Waals surface area (Å²) in [6, 6.07) is 13.0. The number of aliphatic hydroxyl groups excluding tert-OH is 1. The topological polar surface area (TPSA) is 90.3 Å². The molecule has 1 aromatic heterocycles. The average molecular weight is 367 g/mol. The Bertz CT molecular complexity index is 990. The molecule has 142 valence electrons. The zero-order valence-electron chi connectivity index (χ0n) is 15.4. The van der Waals surface area contributed by atoms with Crippen molar-refractivity contribution in [3.8, 4) is 5.75 Å². The lowest BCUT2D eigenvalue weighted by molar-refractivity contribution is 0.119. The molecule has 1 aliphatic rings. The first-order valence-corrected chi connectivity index (χ1v) is 9.46. The molecule has 0 bridgehead atoms. The number of hydrogen-bond donors (Lipinski definition) is 4. The number of aryl methyl sites for hydroxylation is 2. The lowest BCUT2D eigenvalue weighted by Crippen LogP contribution is -2.41. The van der Waals surface area contributed by atoms with E-state index in [9.17, 15) is 15.0 Å². The van der Waals surface area contributed by atoms with Crippen LogP contribution >= 0.6 is 0 Å². The first-order valence-electron chi connectivity index (χ1n) is 9.46. The van der Waals surface area contributed by atoms with E-state index in [1.807, 2.05) is 30.3 Å². The van der Waals surface area contributed by atoms with Crippen molar-refractivity contribution in [1.82, 2.24) is 14.9 Å². The van der Waals surface area contributed by atoms with Gasteiger partial charge in [-0.3, -0.25) is 4.57 Å². The lowest BCUT2D eigenvalue weighted by atomic mass is 9.98. The molecule has 0 spiro atoms. The van der Waals surface area contributed by atoms with Crippen LogP contribution in [0.2, 0.25) is 0 Å². The van der Waals surface area contributed by atoms with Crippen LogP contribution in [0.1, 0.15) is 37.0 Å². The van der Waals surface area contributed by atoms with Gasteiger partial charge in [0.25, 0.3) is 0 Å². The van der Waals surface area contributed by atoms with Gasteiger partial charge in [-0.1, -0.05) is 24.3 Å². The summed E-state index contributed by atoms with van der Waals surface area (Å²) in [6.45, 7) is 2.70. The second-order valence-corrected chi connectivity index (χ2v) is 7.44. The second kappa shape index (κ2) is 7.21. The van der Waals surface area contributed by atoms with Gasteiger partial charge >= 0.3 is 5.69 Å². The summed E-state index contributed by atoms with van der Waals surface area (Å²) in [6.07, 6.45) is 1.85. The minimum atomic E-state index is -0.659. The molecule has 1 aliphatic heterocycles. The van der Waals surface area contributed by atoms with Crippen LogP contribution in [0.4, 0.5) is 0 Å². The van der Waals surface area contributed by atoms with Gasteiger partial charge in [-0.05, 0) is 49.9 Å². The van der Waals surface area contributed by atoms with E-state index in [0.717, 1.165) is 29.4 Å². The molecule has 0 aliphatic carbocycles. The van der Waals surface area contributed by atoms with Gasteiger partial charge in [0, 0.05) is 24.2 Å². The maximum atomic E-state index is 12.2. The summed E-state index contributed by atoms with van der Waals surface area (Å²) in [7, 11) is 0. The van der Waals surface area contributed by atoms with E-state index in [4.69, 9.17) is 0 Å². The molecule has 27 heavy (non-hydrogen) atoms. The Morgan fingerprint density at radius 2 is 2.04 bits per heavy atom. The van der Waals surface area contributed by atoms with E-state index >= 15 is 0 Å². The molecular formula is C21H25N3O3. The zero-order valence-corrected chi connectivity index (χ0v) is 15.4. The minimum absolute atomic E-state index is 0.107. The number of phenolic OH excluding ortho intramolecular Hbond substituents is 1. The van der Waals surface area contributed by atoms with Crippen molar-refractivity contribution < 1.29 is 10.2 Å². The second-order valence-electron chi connectivity index (χ2n) is 7.44. The van der Waals surface area contributed by atoms with Gasteiger partial charge in [0.1, 0.15) is 5.75 Å². The lowest BCUT2D eigenvalue weighted by Gasteiger charge is -2.26. The van der Waals surface area contributed by atoms with Gasteiger partial charge in [-0.2, -0.15) is 0 Å². The molecule has 2 aromatic carbocycles. The predicted octanol–water partition coefficient (Wildman–Crippen LogP) is 2.45. The van der Waals surface area contributed by atoms with Crippen LogP contribution < -0.4 is 11.0 Å². The van der Waals surface area contributed by atoms with Gasteiger partial charge in [-0.15, -0.1) is 0 Å². The number of hydrogen-bond acceptors (Lipinski definition) is 4. The molecule has 4 N–H and O–H groups in total. The number of aliphatic hydroxyl groups is 1. The van der Waals surface area contributed by atoms with Crippen LogP contribution in [0.15, 0.2) is 47.3 Å². The number of H-pyrrole nitrogens is 1. The van der Waals surface area contributed by atoms with Crippen LogP contribution in [0.3, 0.4) is 0 Å². The van der Waals surface area contributed by atoms with Gasteiger partial charge in [-0.25, -0.2) is 4.79 Å². The van der Waals surface area contributed by atoms with Gasteiger partial charge in [0.2, 0.25) is 0 Å². The minimum Gasteiger partial charge on any atom is -0.508 e. The number of nitrogens with one attached hydrogen (secondary N) is 2. The summed E-state index contributed by atoms with van der Waals surface area (Å²) in [5, 5.41) is 23.9. The van der Waals surface area contributed by atoms with Crippen LogP contribution in [0.25, 0.3) is 11.0 Å². The quantitative estimate of drug-likeness (QED) is 0.558. The standard InChI is InChI=1S/C21H25N3O3/c1-13(5-6-14-7-9-15(25)10-8-14)22-18-11-12-24-19-16(20(18)26)3-2-4-17(19)23-21(24)27/h2-4,7-10,13,18,20,22,25-26H,5-6,11-12H2,1H3,(H,23,27). The molecule has 2 heterocycles. The number of para-hydroxylation sites is 1. The fourth-order valence-electron chi connectivity index (χ4n) is 4.01. The largest absolute Gasteiger partial charge is 0.508 e. The van der Waals surface area contributed by atoms with E-state index < -0.39 is 6.10 Å². The molecule has 0 saturated heterocycles. The van der Waals surface area contributed by atoms with Crippen molar-refractivity contribution in [2.75, 3.05) is 0 Å². The highest BCUT2D eigenvalue weighted by Crippen LogP contribution is 2.30. The number of phenols is 1. The summed E-state index contributed by atoms with van der Waals surface area (Å²) in [5.41, 5.74) is 3.45. The predicted molar refractivity (Wildman–Crippen MR) is 105 cm³/mol. The fraction of sp³-hybridized carbons (Fsp3) is 0.381.